The van der Waals surface area contributed by atoms with E-state index in [1.165, 1.54) is 20.8 Å². The van der Waals surface area contributed by atoms with Gasteiger partial charge in [0.05, 0.1) is 49.8 Å². The Labute approximate surface area is 758 Å². The number of carbonyl (C=O) groups is 9. The number of benzene rings is 5. The van der Waals surface area contributed by atoms with Crippen molar-refractivity contribution in [3.63, 3.8) is 0 Å². The maximum atomic E-state index is 12.7. The van der Waals surface area contributed by atoms with E-state index in [9.17, 15) is 104 Å². The Bertz CT molecular complexity index is 4150. The first-order chi connectivity index (χ1) is 60.5. The fourth-order valence-electron chi connectivity index (χ4n) is 12.3. The fourth-order valence-corrected chi connectivity index (χ4v) is 12.6. The Morgan fingerprint density at radius 2 is 0.682 bits per heavy atom. The summed E-state index contributed by atoms with van der Waals surface area (Å²) in [6, 6.07) is 42.2. The zero-order valence-electron chi connectivity index (χ0n) is 74.0. The van der Waals surface area contributed by atoms with Gasteiger partial charge in [-0.15, -0.1) is 0 Å². The van der Waals surface area contributed by atoms with Gasteiger partial charge in [-0.2, -0.15) is 0 Å². The Kier molecular flexibility index (Phi) is 49.4. The van der Waals surface area contributed by atoms with Crippen LogP contribution in [0, 0.1) is 35.5 Å². The van der Waals surface area contributed by atoms with Crippen molar-refractivity contribution in [3.05, 3.63) is 190 Å². The van der Waals surface area contributed by atoms with E-state index in [4.69, 9.17) is 86.3 Å². The van der Waals surface area contributed by atoms with E-state index in [0.29, 0.717) is 11.1 Å². The van der Waals surface area contributed by atoms with Gasteiger partial charge in [-0.1, -0.05) is 226 Å². The summed E-state index contributed by atoms with van der Waals surface area (Å²) >= 11 is 11.1. The normalized spacial score (nSPS) is 23.6. The van der Waals surface area contributed by atoms with Crippen molar-refractivity contribution in [2.24, 2.45) is 35.5 Å². The second-order valence-corrected chi connectivity index (χ2v) is 32.9. The molecule has 0 spiro atoms. The van der Waals surface area contributed by atoms with Crippen LogP contribution in [0.5, 0.6) is 0 Å². The van der Waals surface area contributed by atoms with Gasteiger partial charge in [0.25, 0.3) is 17.4 Å². The molecule has 0 aliphatic carbocycles. The van der Waals surface area contributed by atoms with Gasteiger partial charge in [-0.3, -0.25) is 4.79 Å². The molecule has 38 nitrogen and oxygen atoms in total. The summed E-state index contributed by atoms with van der Waals surface area (Å²) < 4.78 is 46.1. The number of allylic oxidation sites excluding steroid dienone is 1. The maximum Gasteiger partial charge on any atom is 0.408 e. The summed E-state index contributed by atoms with van der Waals surface area (Å²) in [6.07, 6.45) is -21.2. The third kappa shape index (κ3) is 38.4. The number of aliphatic hydroxyl groups excluding tert-OH is 11. The van der Waals surface area contributed by atoms with E-state index in [1.807, 2.05) is 99.6 Å². The minimum atomic E-state index is -2.62. The van der Waals surface area contributed by atoms with Crippen molar-refractivity contribution in [1.29, 1.82) is 0 Å². The Morgan fingerprint density at radius 3 is 0.930 bits per heavy atom. The van der Waals surface area contributed by atoms with Crippen LogP contribution >= 0.6 is 23.2 Å². The van der Waals surface area contributed by atoms with E-state index in [1.54, 1.807) is 126 Å². The lowest BCUT2D eigenvalue weighted by atomic mass is 9.84. The largest absolute Gasteiger partial charge is 0.480 e. The number of carboxylic acid groups (broad SMARTS) is 2. The number of nitrogens with zero attached hydrogens (tertiary/aromatic N) is 1. The minimum absolute atomic E-state index is 0.00495. The molecule has 3 aliphatic rings. The number of aliphatic hydroxyl groups is 14. The SMILES string of the molecule is CC(C)=C(Cl)N(C)C.CC(C)C(NC(=O)OCc1ccccc1)C(=O)Cl.CC(C)C(NC(=O)OCc1ccccc1)C(=O)O.CC(C)C(NC(=O)OCc1ccccc1)C(=O)OCC(O)C(O)C1OC(O)(C(=O)OCc2ccccc2)CC(O)C1C.CC1C(O)CC(O)(C(=O)O)OC1C(O)C(O)CO.CC1C(O)CC(O)(C(=O)OCc2ccccc2)OC1C(O)C(O)CO. The lowest BCUT2D eigenvalue weighted by Crippen LogP contribution is -2.60. The van der Waals surface area contributed by atoms with Crippen LogP contribution in [0.2, 0.25) is 0 Å². The fraction of sp³-hybridized carbons (Fsp3) is 0.539. The molecule has 8 rings (SSSR count). The van der Waals surface area contributed by atoms with Crippen LogP contribution in [0.25, 0.3) is 0 Å². The van der Waals surface area contributed by atoms with Crippen LogP contribution < -0.4 is 16.0 Å². The van der Waals surface area contributed by atoms with Crippen molar-refractivity contribution >= 4 is 76.6 Å². The molecule has 0 aromatic heterocycles. The number of ether oxygens (including phenoxy) is 9. The first kappa shape index (κ1) is 114. The number of hydrogen-bond donors (Lipinski definition) is 19. The third-order valence-corrected chi connectivity index (χ3v) is 21.2. The average molecular weight is 1870 g/mol. The lowest BCUT2D eigenvalue weighted by molar-refractivity contribution is -0.304. The molecule has 21 unspecified atom stereocenters. The van der Waals surface area contributed by atoms with Gasteiger partial charge in [0.15, 0.2) is 0 Å². The topological polar surface area (TPSA) is 600 Å². The maximum absolute atomic E-state index is 12.7. The van der Waals surface area contributed by atoms with Crippen LogP contribution in [0.1, 0.15) is 123 Å². The molecule has 19 N–H and O–H groups in total. The van der Waals surface area contributed by atoms with Crippen LogP contribution in [0.4, 0.5) is 14.4 Å². The highest BCUT2D eigenvalue weighted by Gasteiger charge is 2.56. The second kappa shape index (κ2) is 56.2. The highest BCUT2D eigenvalue weighted by atomic mass is 35.5. The van der Waals surface area contributed by atoms with Crippen molar-refractivity contribution in [3.8, 4) is 0 Å². The van der Waals surface area contributed by atoms with Gasteiger partial charge >= 0.3 is 48.1 Å². The quantitative estimate of drug-likeness (QED) is 0.0120. The van der Waals surface area contributed by atoms with E-state index in [0.717, 1.165) is 27.4 Å². The number of aliphatic carboxylic acids is 2. The zero-order chi connectivity index (χ0) is 97.4. The van der Waals surface area contributed by atoms with Gasteiger partial charge in [0.2, 0.25) is 5.24 Å². The van der Waals surface area contributed by atoms with E-state index >= 15 is 0 Å². The number of hydrogen-bond acceptors (Lipinski definition) is 33. The Morgan fingerprint density at radius 1 is 0.419 bits per heavy atom. The van der Waals surface area contributed by atoms with Gasteiger partial charge in [0.1, 0.15) is 99.5 Å². The molecule has 0 radical (unpaired) electrons. The summed E-state index contributed by atoms with van der Waals surface area (Å²) in [6.45, 7) is 16.7. The van der Waals surface area contributed by atoms with Crippen LogP contribution in [0.3, 0.4) is 0 Å². The molecule has 21 atom stereocenters. The van der Waals surface area contributed by atoms with E-state index in [-0.39, 0.29) is 44.9 Å². The summed E-state index contributed by atoms with van der Waals surface area (Å²) in [4.78, 5) is 108. The smallest absolute Gasteiger partial charge is 0.408 e. The summed E-state index contributed by atoms with van der Waals surface area (Å²) in [5.41, 5.74) is 5.00. The number of carbonyl (C=O) groups excluding carboxylic acids is 7. The van der Waals surface area contributed by atoms with Gasteiger partial charge < -0.3 is 145 Å². The van der Waals surface area contributed by atoms with Crippen molar-refractivity contribution in [1.82, 2.24) is 20.9 Å². The number of halogens is 2. The van der Waals surface area contributed by atoms with Gasteiger partial charge in [-0.05, 0) is 76.6 Å². The monoisotopic (exact) mass is 1860 g/mol. The molecule has 3 amide bonds. The van der Waals surface area contributed by atoms with Crippen LogP contribution in [-0.2, 0) is 104 Å². The standard InChI is InChI=1S/C30H39NO11.C17H24O8.C13H16ClNO3.C13H17NO4.C10H18O8.C6H12ClN/c1-18(2)24(31-29(37)41-16-21-12-8-5-9-13-21)27(35)39-17-23(33)25(34)26-19(3)22(32)14-30(38,42-26)28(36)40-15-20-10-6-4-7-11-20;1-10-12(19)7-17(23,25-15(10)14(21)13(20)8-18)16(22)24-9-11-5-3-2-4-6-11;1-9(2)11(12(14)16)15-13(17)18-8-10-6-4-3-5-7-10;1-9(2)11(12(15)16)14-13(17)18-8-10-6-4-3-5-7-10;1-4-5(12)2-10(17,9(15)16)18-8(4)7(14)6(13)3-11;1-5(2)6(7)8(3)4/h4-13,18-19,22-26,32-34,38H,14-17H2,1-3H3,(H,31,37);2-6,10,12-15,18-21,23H,7-9H2,1H3;3-7,9,11H,8H2,1-2H3,(H,15,17);3-7,9,11H,8H2,1-2H3,(H,14,17)(H,15,16);4-8,11-14,17H,2-3H2,1H3,(H,15,16);1-4H3. The molecule has 3 aliphatic heterocycles. The molecule has 0 saturated carbocycles. The highest BCUT2D eigenvalue weighted by molar-refractivity contribution is 6.64. The summed E-state index contributed by atoms with van der Waals surface area (Å²) in [7, 11) is 3.85. The third-order valence-electron chi connectivity index (χ3n) is 20.2. The molecular formula is C89H126Cl2N4O34. The minimum Gasteiger partial charge on any atom is -0.480 e. The summed E-state index contributed by atoms with van der Waals surface area (Å²) in [5.74, 6) is -16.5. The second-order valence-electron chi connectivity index (χ2n) is 32.2. The predicted molar refractivity (Wildman–Crippen MR) is 462 cm³/mol. The van der Waals surface area contributed by atoms with Crippen molar-refractivity contribution in [2.45, 2.75) is 237 Å². The number of esters is 3. The van der Waals surface area contributed by atoms with Crippen molar-refractivity contribution in [2.75, 3.05) is 33.9 Å². The van der Waals surface area contributed by atoms with Gasteiger partial charge in [-0.25, -0.2) is 38.4 Å². The average Bonchev–Trinajstić information content (AvgIpc) is 0.786. The first-order valence-corrected chi connectivity index (χ1v) is 41.9. The molecular weight excluding hydrogens is 1740 g/mol. The number of alkyl carbamates (subject to hydrolysis) is 3. The van der Waals surface area contributed by atoms with E-state index in [2.05, 4.69) is 16.0 Å². The molecule has 0 bridgehead atoms. The van der Waals surface area contributed by atoms with Crippen molar-refractivity contribution < 1.29 is 167 Å². The Hall–Kier alpha value is -9.63. The number of rotatable bonds is 33. The Balaban J connectivity index is 0.000000426. The molecule has 5 aromatic rings. The molecule has 3 saturated heterocycles. The predicted octanol–water partition coefficient (Wildman–Crippen LogP) is 4.36. The first-order valence-electron chi connectivity index (χ1n) is 41.2. The van der Waals surface area contributed by atoms with Gasteiger partial charge in [0, 0.05) is 51.1 Å². The van der Waals surface area contributed by atoms with Crippen LogP contribution in [-0.4, -0.2) is 283 Å². The van der Waals surface area contributed by atoms with Crippen LogP contribution in [0.15, 0.2) is 162 Å². The lowest BCUT2D eigenvalue weighted by Gasteiger charge is -2.44. The number of carboxylic acids is 2. The molecule has 5 aromatic carbocycles. The number of amides is 3. The highest BCUT2D eigenvalue weighted by Crippen LogP contribution is 2.38. The molecule has 129 heavy (non-hydrogen) atoms. The zero-order valence-corrected chi connectivity index (χ0v) is 75.6. The molecule has 720 valence electrons. The van der Waals surface area contributed by atoms with E-state index < -0.39 is 225 Å². The number of nitrogens with one attached hydrogen (secondary N) is 3. The molecule has 3 fully saturated rings. The molecule has 3 heterocycles. The summed E-state index contributed by atoms with van der Waals surface area (Å²) in [5, 5.41) is 164. The molecule has 40 heteroatoms.